The van der Waals surface area contributed by atoms with Crippen LogP contribution in [0.15, 0.2) is 0 Å². The fourth-order valence-corrected chi connectivity index (χ4v) is 3.78. The van der Waals surface area contributed by atoms with E-state index in [1.54, 1.807) is 0 Å². The second-order valence-electron chi connectivity index (χ2n) is 5.37. The van der Waals surface area contributed by atoms with Crippen LogP contribution >= 0.6 is 11.8 Å². The van der Waals surface area contributed by atoms with Gasteiger partial charge in [-0.3, -0.25) is 0 Å². The SMILES string of the molecule is NC(CCC1CC1)CSC1CCCCC1. The summed E-state index contributed by atoms with van der Waals surface area (Å²) in [7, 11) is 0. The Hall–Kier alpha value is 0.310. The quantitative estimate of drug-likeness (QED) is 0.750. The van der Waals surface area contributed by atoms with Crippen molar-refractivity contribution in [2.45, 2.75) is 69.1 Å². The predicted molar refractivity (Wildman–Crippen MR) is 69.3 cm³/mol. The van der Waals surface area contributed by atoms with Crippen molar-refractivity contribution >= 4 is 11.8 Å². The van der Waals surface area contributed by atoms with E-state index in [1.165, 1.54) is 63.5 Å². The largest absolute Gasteiger partial charge is 0.327 e. The molecule has 1 atom stereocenters. The zero-order chi connectivity index (χ0) is 10.5. The van der Waals surface area contributed by atoms with E-state index >= 15 is 0 Å². The predicted octanol–water partition coefficient (Wildman–Crippen LogP) is 3.57. The van der Waals surface area contributed by atoms with Gasteiger partial charge < -0.3 is 5.73 Å². The minimum atomic E-state index is 0.470. The lowest BCUT2D eigenvalue weighted by atomic mass is 10.0. The number of hydrogen-bond donors (Lipinski definition) is 1. The van der Waals surface area contributed by atoms with Crippen LogP contribution in [0.5, 0.6) is 0 Å². The molecule has 0 spiro atoms. The maximum atomic E-state index is 6.15. The number of hydrogen-bond acceptors (Lipinski definition) is 2. The molecule has 0 aromatic carbocycles. The summed E-state index contributed by atoms with van der Waals surface area (Å²) in [5.41, 5.74) is 6.15. The van der Waals surface area contributed by atoms with Gasteiger partial charge in [0, 0.05) is 17.0 Å². The normalized spacial score (nSPS) is 25.4. The molecule has 0 bridgehead atoms. The molecule has 0 saturated heterocycles. The van der Waals surface area contributed by atoms with Gasteiger partial charge in [-0.05, 0) is 31.6 Å². The van der Waals surface area contributed by atoms with Crippen molar-refractivity contribution < 1.29 is 0 Å². The first-order valence-corrected chi connectivity index (χ1v) is 7.76. The molecule has 2 fully saturated rings. The third-order valence-corrected chi connectivity index (χ3v) is 5.30. The van der Waals surface area contributed by atoms with E-state index in [-0.39, 0.29) is 0 Å². The van der Waals surface area contributed by atoms with Crippen molar-refractivity contribution in [3.05, 3.63) is 0 Å². The van der Waals surface area contributed by atoms with Gasteiger partial charge in [-0.15, -0.1) is 0 Å². The van der Waals surface area contributed by atoms with Crippen LogP contribution in [0.25, 0.3) is 0 Å². The summed E-state index contributed by atoms with van der Waals surface area (Å²) in [6.45, 7) is 0. The number of thioether (sulfide) groups is 1. The third kappa shape index (κ3) is 4.78. The molecule has 2 saturated carbocycles. The highest BCUT2D eigenvalue weighted by atomic mass is 32.2. The van der Waals surface area contributed by atoms with E-state index in [0.717, 1.165) is 11.2 Å². The standard InChI is InChI=1S/C13H25NS/c14-12(9-8-11-6-7-11)10-15-13-4-2-1-3-5-13/h11-13H,1-10,14H2. The minimum absolute atomic E-state index is 0.470. The van der Waals surface area contributed by atoms with Gasteiger partial charge in [0.25, 0.3) is 0 Å². The van der Waals surface area contributed by atoms with Crippen LogP contribution in [0.1, 0.15) is 57.8 Å². The molecule has 0 heterocycles. The maximum Gasteiger partial charge on any atom is 0.0130 e. The highest BCUT2D eigenvalue weighted by Gasteiger charge is 2.22. The zero-order valence-electron chi connectivity index (χ0n) is 9.79. The highest BCUT2D eigenvalue weighted by molar-refractivity contribution is 7.99. The summed E-state index contributed by atoms with van der Waals surface area (Å²) < 4.78 is 0. The highest BCUT2D eigenvalue weighted by Crippen LogP contribution is 2.34. The van der Waals surface area contributed by atoms with Crippen LogP contribution in [-0.4, -0.2) is 17.0 Å². The van der Waals surface area contributed by atoms with Gasteiger partial charge in [0.15, 0.2) is 0 Å². The first-order chi connectivity index (χ1) is 7.34. The van der Waals surface area contributed by atoms with Crippen LogP contribution in [0.2, 0.25) is 0 Å². The average Bonchev–Trinajstić information content (AvgIpc) is 3.09. The van der Waals surface area contributed by atoms with E-state index in [2.05, 4.69) is 11.8 Å². The Morgan fingerprint density at radius 3 is 2.47 bits per heavy atom. The van der Waals surface area contributed by atoms with Crippen molar-refractivity contribution in [3.63, 3.8) is 0 Å². The lowest BCUT2D eigenvalue weighted by Gasteiger charge is -2.22. The van der Waals surface area contributed by atoms with Crippen LogP contribution < -0.4 is 5.73 Å². The Labute approximate surface area is 98.6 Å². The molecule has 0 amide bonds. The summed E-state index contributed by atoms with van der Waals surface area (Å²) in [6, 6.07) is 0.470. The second-order valence-corrected chi connectivity index (χ2v) is 6.71. The van der Waals surface area contributed by atoms with E-state index in [1.807, 2.05) is 0 Å². The molecule has 0 aromatic heterocycles. The summed E-state index contributed by atoms with van der Waals surface area (Å²) in [6.07, 6.45) is 12.9. The lowest BCUT2D eigenvalue weighted by Crippen LogP contribution is -2.24. The van der Waals surface area contributed by atoms with Gasteiger partial charge in [0.2, 0.25) is 0 Å². The van der Waals surface area contributed by atoms with Gasteiger partial charge in [0.05, 0.1) is 0 Å². The molecule has 88 valence electrons. The Morgan fingerprint density at radius 2 is 1.80 bits per heavy atom. The van der Waals surface area contributed by atoms with Crippen LogP contribution in [0.3, 0.4) is 0 Å². The summed E-state index contributed by atoms with van der Waals surface area (Å²) in [5, 5.41) is 0.936. The van der Waals surface area contributed by atoms with Gasteiger partial charge in [-0.1, -0.05) is 32.1 Å². The minimum Gasteiger partial charge on any atom is -0.327 e. The fraction of sp³-hybridized carbons (Fsp3) is 1.00. The Bertz CT molecular complexity index is 173. The lowest BCUT2D eigenvalue weighted by molar-refractivity contribution is 0.514. The molecule has 2 aliphatic carbocycles. The van der Waals surface area contributed by atoms with Crippen LogP contribution in [-0.2, 0) is 0 Å². The van der Waals surface area contributed by atoms with E-state index < -0.39 is 0 Å². The van der Waals surface area contributed by atoms with Crippen molar-refractivity contribution in [1.29, 1.82) is 0 Å². The van der Waals surface area contributed by atoms with E-state index in [4.69, 9.17) is 5.73 Å². The molecule has 15 heavy (non-hydrogen) atoms. The van der Waals surface area contributed by atoms with Gasteiger partial charge in [-0.2, -0.15) is 11.8 Å². The summed E-state index contributed by atoms with van der Waals surface area (Å²) in [4.78, 5) is 0. The van der Waals surface area contributed by atoms with Crippen LogP contribution in [0, 0.1) is 5.92 Å². The monoisotopic (exact) mass is 227 g/mol. The van der Waals surface area contributed by atoms with Gasteiger partial charge in [0.1, 0.15) is 0 Å². The average molecular weight is 227 g/mol. The maximum absolute atomic E-state index is 6.15. The zero-order valence-corrected chi connectivity index (χ0v) is 10.6. The van der Waals surface area contributed by atoms with Crippen molar-refractivity contribution in [1.82, 2.24) is 0 Å². The van der Waals surface area contributed by atoms with E-state index in [0.29, 0.717) is 6.04 Å². The molecular weight excluding hydrogens is 202 g/mol. The molecule has 0 aliphatic heterocycles. The van der Waals surface area contributed by atoms with Crippen molar-refractivity contribution in [3.8, 4) is 0 Å². The smallest absolute Gasteiger partial charge is 0.0130 e. The Balaban J connectivity index is 1.50. The molecule has 2 rings (SSSR count). The first kappa shape index (κ1) is 11.8. The summed E-state index contributed by atoms with van der Waals surface area (Å²) in [5.74, 6) is 2.26. The molecule has 0 radical (unpaired) electrons. The topological polar surface area (TPSA) is 26.0 Å². The number of rotatable bonds is 6. The van der Waals surface area contributed by atoms with Crippen molar-refractivity contribution in [2.24, 2.45) is 11.7 Å². The second kappa shape index (κ2) is 6.15. The Kier molecular flexibility index (Phi) is 4.83. The molecule has 1 nitrogen and oxygen atoms in total. The number of nitrogens with two attached hydrogens (primary N) is 1. The first-order valence-electron chi connectivity index (χ1n) is 6.72. The van der Waals surface area contributed by atoms with E-state index in [9.17, 15) is 0 Å². The molecule has 2 aliphatic rings. The van der Waals surface area contributed by atoms with Crippen LogP contribution in [0.4, 0.5) is 0 Å². The molecular formula is C13H25NS. The molecule has 2 N–H and O–H groups in total. The molecule has 0 aromatic rings. The van der Waals surface area contributed by atoms with Crippen molar-refractivity contribution in [2.75, 3.05) is 5.75 Å². The Morgan fingerprint density at radius 1 is 1.07 bits per heavy atom. The fourth-order valence-electron chi connectivity index (χ4n) is 2.43. The molecule has 1 unspecified atom stereocenters. The molecule has 2 heteroatoms. The third-order valence-electron chi connectivity index (χ3n) is 3.74. The van der Waals surface area contributed by atoms with Gasteiger partial charge in [-0.25, -0.2) is 0 Å². The van der Waals surface area contributed by atoms with Gasteiger partial charge >= 0.3 is 0 Å². The summed E-state index contributed by atoms with van der Waals surface area (Å²) >= 11 is 2.15.